The highest BCUT2D eigenvalue weighted by molar-refractivity contribution is 5.82. The molecule has 6 atom stereocenters. The van der Waals surface area contributed by atoms with Crippen molar-refractivity contribution in [3.05, 3.63) is 50.3 Å². The molecule has 72 heavy (non-hydrogen) atoms. The van der Waals surface area contributed by atoms with Gasteiger partial charge in [0.1, 0.15) is 39.6 Å². The highest BCUT2D eigenvalue weighted by atomic mass is 16.6. The van der Waals surface area contributed by atoms with Crippen LogP contribution >= 0.6 is 0 Å². The van der Waals surface area contributed by atoms with Crippen molar-refractivity contribution in [2.45, 2.75) is 162 Å². The molecule has 0 aromatic carbocycles. The van der Waals surface area contributed by atoms with Gasteiger partial charge in [-0.1, -0.05) is 130 Å². The Morgan fingerprint density at radius 2 is 0.486 bits per heavy atom. The van der Waals surface area contributed by atoms with E-state index in [-0.39, 0.29) is 92.5 Å². The van der Waals surface area contributed by atoms with Crippen molar-refractivity contribution in [3.63, 3.8) is 0 Å². The van der Waals surface area contributed by atoms with Crippen LogP contribution in [0.25, 0.3) is 0 Å². The second-order valence-electron chi connectivity index (χ2n) is 16.1. The summed E-state index contributed by atoms with van der Waals surface area (Å²) in [5, 5.41) is 0. The summed E-state index contributed by atoms with van der Waals surface area (Å²) in [7, 11) is 0. The van der Waals surface area contributed by atoms with E-state index in [0.717, 1.165) is 81.8 Å². The van der Waals surface area contributed by atoms with Crippen LogP contribution in [0.2, 0.25) is 0 Å². The molecule has 0 N–H and O–H groups in total. The molecule has 17 nitrogen and oxygen atoms in total. The van der Waals surface area contributed by atoms with Crippen LogP contribution in [0.5, 0.6) is 0 Å². The summed E-state index contributed by atoms with van der Waals surface area (Å²) in [5.41, 5.74) is 0. The number of allylic oxidation sites excluding steroid dienone is 1. The maximum atomic E-state index is 11.1. The molecule has 6 unspecified atom stereocenters. The molecule has 0 aliphatic carbocycles. The molecule has 0 spiro atoms. The maximum Gasteiger partial charge on any atom is 0.330 e. The van der Waals surface area contributed by atoms with Crippen molar-refractivity contribution < 1.29 is 81.0 Å². The Morgan fingerprint density at radius 1 is 0.306 bits per heavy atom. The molecular weight excluding hydrogens is 933 g/mol. The first kappa shape index (κ1) is 78.0. The van der Waals surface area contributed by atoms with Crippen molar-refractivity contribution >= 4 is 47.8 Å². The fourth-order valence-electron chi connectivity index (χ4n) is 3.58. The molecule has 17 heteroatoms. The first-order chi connectivity index (χ1) is 34.0. The Morgan fingerprint density at radius 3 is 0.667 bits per heavy atom. The Kier molecular flexibility index (Phi) is 61.1. The standard InChI is InChI=1S/C11H18O3.2C10H16O4.3C8H16O2/c1-5-9(3)10(4)13-7-8-14-11(12)6-2;2*1-4-8(3)10(12)14-7-6-13-9(11)5-2;3*1-4-6-10-8(9)7(3)5-2/h6,9H,2,4-5,7-8H2,1,3H3;2*5,8H,2,4,6-7H2,1,3H3;3*7H,4-6H2,1-3H3. The quantitative estimate of drug-likeness (QED) is 0.0207. The lowest BCUT2D eigenvalue weighted by atomic mass is 10.1. The predicted molar refractivity (Wildman–Crippen MR) is 281 cm³/mol. The van der Waals surface area contributed by atoms with Crippen molar-refractivity contribution in [1.82, 2.24) is 0 Å². The summed E-state index contributed by atoms with van der Waals surface area (Å²) in [6.45, 7) is 45.2. The number of esters is 8. The minimum Gasteiger partial charge on any atom is -0.495 e. The fourth-order valence-corrected chi connectivity index (χ4v) is 3.58. The van der Waals surface area contributed by atoms with E-state index in [1.807, 2.05) is 83.1 Å². The first-order valence-corrected chi connectivity index (χ1v) is 25.5. The molecule has 0 aromatic rings. The molecule has 0 aliphatic heterocycles. The first-order valence-electron chi connectivity index (χ1n) is 25.5. The molecule has 0 heterocycles. The van der Waals surface area contributed by atoms with E-state index in [2.05, 4.69) is 42.7 Å². The number of carbonyl (C=O) groups is 8. The van der Waals surface area contributed by atoms with Crippen LogP contribution < -0.4 is 0 Å². The smallest absolute Gasteiger partial charge is 0.330 e. The Balaban J connectivity index is -0.000000183. The molecule has 0 rings (SSSR count). The Bertz CT molecular complexity index is 1300. The third-order valence-electron chi connectivity index (χ3n) is 9.84. The third-order valence-corrected chi connectivity index (χ3v) is 9.84. The van der Waals surface area contributed by atoms with Gasteiger partial charge in [-0.3, -0.25) is 24.0 Å². The van der Waals surface area contributed by atoms with Gasteiger partial charge in [0.15, 0.2) is 0 Å². The molecule has 0 aliphatic rings. The number of ether oxygens (including phenoxy) is 9. The monoisotopic (exact) mass is 1030 g/mol. The van der Waals surface area contributed by atoms with E-state index < -0.39 is 17.9 Å². The van der Waals surface area contributed by atoms with Crippen molar-refractivity contribution in [2.24, 2.45) is 35.5 Å². The third kappa shape index (κ3) is 53.9. The van der Waals surface area contributed by atoms with Gasteiger partial charge in [0.25, 0.3) is 0 Å². The minimum atomic E-state index is -0.510. The summed E-state index contributed by atoms with van der Waals surface area (Å²) in [6.07, 6.45) is 11.0. The van der Waals surface area contributed by atoms with Gasteiger partial charge in [0.05, 0.1) is 55.2 Å². The van der Waals surface area contributed by atoms with Crippen LogP contribution in [0.4, 0.5) is 0 Å². The normalized spacial score (nSPS) is 12.0. The second kappa shape index (κ2) is 56.4. The van der Waals surface area contributed by atoms with E-state index in [0.29, 0.717) is 32.3 Å². The van der Waals surface area contributed by atoms with Crippen LogP contribution in [0.3, 0.4) is 0 Å². The zero-order valence-electron chi connectivity index (χ0n) is 47.2. The molecule has 0 radical (unpaired) electrons. The van der Waals surface area contributed by atoms with Crippen molar-refractivity contribution in [1.29, 1.82) is 0 Å². The van der Waals surface area contributed by atoms with E-state index in [1.165, 1.54) is 0 Å². The van der Waals surface area contributed by atoms with Gasteiger partial charge >= 0.3 is 47.8 Å². The molecule has 420 valence electrons. The molecular formula is C55H98O17. The average Bonchev–Trinajstić information content (AvgIpc) is 3.40. The predicted octanol–water partition coefficient (Wildman–Crippen LogP) is 10.9. The lowest BCUT2D eigenvalue weighted by Gasteiger charge is -2.13. The average molecular weight is 1030 g/mol. The van der Waals surface area contributed by atoms with Crippen LogP contribution in [-0.4, -0.2) is 107 Å². The van der Waals surface area contributed by atoms with Crippen LogP contribution in [0.15, 0.2) is 50.3 Å². The summed E-state index contributed by atoms with van der Waals surface area (Å²) in [4.78, 5) is 86.7. The van der Waals surface area contributed by atoms with E-state index in [9.17, 15) is 38.4 Å². The van der Waals surface area contributed by atoms with Gasteiger partial charge in [0.2, 0.25) is 0 Å². The Hall–Kier alpha value is -5.48. The molecule has 0 saturated carbocycles. The summed E-state index contributed by atoms with van der Waals surface area (Å²) >= 11 is 0. The lowest BCUT2D eigenvalue weighted by molar-refractivity contribution is -0.153. The molecule has 0 aromatic heterocycles. The minimum absolute atomic E-state index is 0.0616. The van der Waals surface area contributed by atoms with E-state index >= 15 is 0 Å². The number of carbonyl (C=O) groups excluding carboxylic acids is 8. The van der Waals surface area contributed by atoms with E-state index in [4.69, 9.17) is 33.2 Å². The Labute approximate surface area is 434 Å². The largest absolute Gasteiger partial charge is 0.495 e. The highest BCUT2D eigenvalue weighted by Gasteiger charge is 2.14. The van der Waals surface area contributed by atoms with Crippen molar-refractivity contribution in [2.75, 3.05) is 59.5 Å². The zero-order valence-corrected chi connectivity index (χ0v) is 47.2. The second-order valence-corrected chi connectivity index (χ2v) is 16.1. The van der Waals surface area contributed by atoms with Gasteiger partial charge in [-0.05, 0) is 57.8 Å². The maximum absolute atomic E-state index is 11.1. The molecule has 0 amide bonds. The van der Waals surface area contributed by atoms with E-state index in [1.54, 1.807) is 13.8 Å². The number of hydrogen-bond donors (Lipinski definition) is 0. The summed E-state index contributed by atoms with van der Waals surface area (Å²) < 4.78 is 43.6. The molecule has 0 saturated heterocycles. The topological polar surface area (TPSA) is 220 Å². The fraction of sp³-hybridized carbons (Fsp3) is 0.709. The van der Waals surface area contributed by atoms with Gasteiger partial charge < -0.3 is 42.6 Å². The lowest BCUT2D eigenvalue weighted by Crippen LogP contribution is -2.17. The number of hydrogen-bond acceptors (Lipinski definition) is 17. The highest BCUT2D eigenvalue weighted by Crippen LogP contribution is 2.13. The summed E-state index contributed by atoms with van der Waals surface area (Å²) in [6, 6.07) is 0. The van der Waals surface area contributed by atoms with Crippen LogP contribution in [0, 0.1) is 35.5 Å². The number of rotatable bonds is 31. The summed E-state index contributed by atoms with van der Waals surface area (Å²) in [5.74, 6) is -1.12. The van der Waals surface area contributed by atoms with Gasteiger partial charge in [0, 0.05) is 24.1 Å². The van der Waals surface area contributed by atoms with Gasteiger partial charge in [-0.15, -0.1) is 0 Å². The van der Waals surface area contributed by atoms with Gasteiger partial charge in [-0.25, -0.2) is 14.4 Å². The molecule has 0 fully saturated rings. The zero-order chi connectivity index (χ0) is 56.9. The van der Waals surface area contributed by atoms with Gasteiger partial charge in [-0.2, -0.15) is 0 Å². The van der Waals surface area contributed by atoms with Crippen LogP contribution in [-0.2, 0) is 81.0 Å². The van der Waals surface area contributed by atoms with Crippen LogP contribution in [0.1, 0.15) is 162 Å². The van der Waals surface area contributed by atoms with Crippen molar-refractivity contribution in [3.8, 4) is 0 Å². The molecule has 0 bridgehead atoms. The SMILES string of the molecule is C=CC(=O)OCCOC(=C)C(C)CC.C=CC(=O)OCCOC(=O)C(C)CC.C=CC(=O)OCCOC(=O)C(C)CC.CCCOC(=O)C(C)CC.CCCOC(=O)C(C)CC.CCCOC(=O)C(C)CC.